The number of hydrogen-bond donors (Lipinski definition) is 0. The van der Waals surface area contributed by atoms with Gasteiger partial charge < -0.3 is 24.0 Å². The number of rotatable bonds is 8. The molecule has 2 amide bonds. The van der Waals surface area contributed by atoms with Crippen LogP contribution in [0.3, 0.4) is 0 Å². The van der Waals surface area contributed by atoms with Gasteiger partial charge in [-0.25, -0.2) is 0 Å². The quantitative estimate of drug-likeness (QED) is 0.625. The Morgan fingerprint density at radius 3 is 2.28 bits per heavy atom. The van der Waals surface area contributed by atoms with Crippen molar-refractivity contribution in [1.82, 2.24) is 0 Å². The number of methoxy groups -OCH3 is 3. The van der Waals surface area contributed by atoms with Crippen LogP contribution in [0, 0.1) is 11.8 Å². The van der Waals surface area contributed by atoms with Crippen molar-refractivity contribution in [2.24, 2.45) is 11.8 Å². The number of ether oxygens (including phenoxy) is 3. The van der Waals surface area contributed by atoms with Crippen molar-refractivity contribution in [2.45, 2.75) is 32.2 Å². The van der Waals surface area contributed by atoms with Gasteiger partial charge in [0.15, 0.2) is 11.5 Å². The van der Waals surface area contributed by atoms with E-state index in [1.807, 2.05) is 35.2 Å². The lowest BCUT2D eigenvalue weighted by Crippen LogP contribution is -2.44. The molecule has 0 bridgehead atoms. The number of carbonyl (C=O) groups excluding carboxylic acids is 2. The van der Waals surface area contributed by atoms with Crippen molar-refractivity contribution in [3.63, 3.8) is 0 Å². The highest BCUT2D eigenvalue weighted by atomic mass is 16.5. The fourth-order valence-corrected chi connectivity index (χ4v) is 4.41. The summed E-state index contributed by atoms with van der Waals surface area (Å²) in [7, 11) is 4.76. The number of carbonyl (C=O) groups is 2. The molecule has 0 N–H and O–H groups in total. The van der Waals surface area contributed by atoms with Gasteiger partial charge in [0.2, 0.25) is 11.8 Å². The molecule has 7 nitrogen and oxygen atoms in total. The maximum Gasteiger partial charge on any atom is 0.232 e. The van der Waals surface area contributed by atoms with Crippen LogP contribution in [0.1, 0.15) is 26.2 Å². The van der Waals surface area contributed by atoms with E-state index in [1.54, 1.807) is 38.4 Å². The van der Waals surface area contributed by atoms with Crippen LogP contribution in [-0.2, 0) is 9.59 Å². The van der Waals surface area contributed by atoms with Gasteiger partial charge in [0.05, 0.1) is 27.2 Å². The molecule has 0 radical (unpaired) electrons. The fraction of sp³-hybridized carbons (Fsp3) is 0.440. The minimum absolute atomic E-state index is 0.00843. The highest BCUT2D eigenvalue weighted by Gasteiger charge is 2.42. The van der Waals surface area contributed by atoms with E-state index in [0.717, 1.165) is 24.3 Å². The molecular formula is C25H30N2O5. The zero-order valence-electron chi connectivity index (χ0n) is 19.0. The molecule has 7 heteroatoms. The van der Waals surface area contributed by atoms with E-state index >= 15 is 0 Å². The van der Waals surface area contributed by atoms with Crippen LogP contribution >= 0.6 is 0 Å². The summed E-state index contributed by atoms with van der Waals surface area (Å²) < 4.78 is 15.9. The number of anilines is 2. The lowest BCUT2D eigenvalue weighted by molar-refractivity contribution is -0.124. The lowest BCUT2D eigenvalue weighted by Gasteiger charge is -2.32. The smallest absolute Gasteiger partial charge is 0.232 e. The average molecular weight is 439 g/mol. The predicted octanol–water partition coefficient (Wildman–Crippen LogP) is 3.90. The third-order valence-electron chi connectivity index (χ3n) is 6.45. The fourth-order valence-electron chi connectivity index (χ4n) is 4.41. The average Bonchev–Trinajstić information content (AvgIpc) is 3.60. The molecule has 1 aliphatic heterocycles. The van der Waals surface area contributed by atoms with Crippen molar-refractivity contribution < 1.29 is 23.8 Å². The van der Waals surface area contributed by atoms with E-state index in [4.69, 9.17) is 14.2 Å². The zero-order valence-corrected chi connectivity index (χ0v) is 19.0. The summed E-state index contributed by atoms with van der Waals surface area (Å²) >= 11 is 0. The summed E-state index contributed by atoms with van der Waals surface area (Å²) in [4.78, 5) is 30.1. The van der Waals surface area contributed by atoms with Crippen LogP contribution in [0.15, 0.2) is 42.5 Å². The highest BCUT2D eigenvalue weighted by molar-refractivity contribution is 6.04. The number of benzene rings is 2. The van der Waals surface area contributed by atoms with Gasteiger partial charge in [-0.1, -0.05) is 0 Å². The van der Waals surface area contributed by atoms with Gasteiger partial charge in [0.1, 0.15) is 5.75 Å². The van der Waals surface area contributed by atoms with E-state index in [9.17, 15) is 9.59 Å². The molecule has 1 saturated carbocycles. The second-order valence-corrected chi connectivity index (χ2v) is 8.43. The summed E-state index contributed by atoms with van der Waals surface area (Å²) in [6.07, 6.45) is 2.45. The van der Waals surface area contributed by atoms with Gasteiger partial charge in [0.25, 0.3) is 0 Å². The highest BCUT2D eigenvalue weighted by Crippen LogP contribution is 2.39. The molecule has 170 valence electrons. The van der Waals surface area contributed by atoms with Gasteiger partial charge >= 0.3 is 0 Å². The first-order chi connectivity index (χ1) is 15.5. The SMILES string of the molecule is COc1ccc(N(C(=O)C2CC(=O)N(c3ccc(OC)c(OC)c3)C2)C(C)C2CC2)cc1. The normalized spacial score (nSPS) is 18.9. The Morgan fingerprint density at radius 2 is 1.69 bits per heavy atom. The number of amides is 2. The summed E-state index contributed by atoms with van der Waals surface area (Å²) in [5.41, 5.74) is 1.54. The second kappa shape index (κ2) is 9.10. The van der Waals surface area contributed by atoms with Gasteiger partial charge in [-0.2, -0.15) is 0 Å². The largest absolute Gasteiger partial charge is 0.497 e. The van der Waals surface area contributed by atoms with E-state index in [0.29, 0.717) is 29.6 Å². The maximum absolute atomic E-state index is 13.7. The van der Waals surface area contributed by atoms with Crippen molar-refractivity contribution in [3.05, 3.63) is 42.5 Å². The summed E-state index contributed by atoms with van der Waals surface area (Å²) in [6.45, 7) is 2.44. The minimum atomic E-state index is -0.404. The van der Waals surface area contributed by atoms with Gasteiger partial charge in [-0.15, -0.1) is 0 Å². The Balaban J connectivity index is 1.57. The Kier molecular flexibility index (Phi) is 6.26. The molecule has 1 aliphatic carbocycles. The molecule has 2 aromatic rings. The Morgan fingerprint density at radius 1 is 1.00 bits per heavy atom. The molecule has 1 heterocycles. The second-order valence-electron chi connectivity index (χ2n) is 8.43. The van der Waals surface area contributed by atoms with Crippen LogP contribution in [-0.4, -0.2) is 45.7 Å². The predicted molar refractivity (Wildman–Crippen MR) is 123 cm³/mol. The van der Waals surface area contributed by atoms with E-state index < -0.39 is 5.92 Å². The molecule has 2 fully saturated rings. The van der Waals surface area contributed by atoms with Crippen LogP contribution in [0.2, 0.25) is 0 Å². The monoisotopic (exact) mass is 438 g/mol. The maximum atomic E-state index is 13.7. The molecule has 2 unspecified atom stereocenters. The summed E-state index contributed by atoms with van der Waals surface area (Å²) in [5.74, 6) is 1.92. The molecular weight excluding hydrogens is 408 g/mol. The van der Waals surface area contributed by atoms with Crippen molar-refractivity contribution in [3.8, 4) is 17.2 Å². The lowest BCUT2D eigenvalue weighted by atomic mass is 10.0. The number of nitrogens with zero attached hydrogens (tertiary/aromatic N) is 2. The molecule has 4 rings (SSSR count). The van der Waals surface area contributed by atoms with Gasteiger partial charge in [-0.05, 0) is 62.1 Å². The minimum Gasteiger partial charge on any atom is -0.497 e. The topological polar surface area (TPSA) is 68.3 Å². The summed E-state index contributed by atoms with van der Waals surface area (Å²) in [6, 6.07) is 13.0. The van der Waals surface area contributed by atoms with Crippen molar-refractivity contribution in [2.75, 3.05) is 37.7 Å². The third-order valence-corrected chi connectivity index (χ3v) is 6.45. The molecule has 2 aliphatic rings. The Bertz CT molecular complexity index is 986. The molecule has 0 spiro atoms. The van der Waals surface area contributed by atoms with E-state index in [-0.39, 0.29) is 24.3 Å². The van der Waals surface area contributed by atoms with Gasteiger partial charge in [0, 0.05) is 36.4 Å². The Labute approximate surface area is 188 Å². The Hall–Kier alpha value is -3.22. The van der Waals surface area contributed by atoms with Crippen LogP contribution in [0.25, 0.3) is 0 Å². The van der Waals surface area contributed by atoms with Crippen molar-refractivity contribution >= 4 is 23.2 Å². The zero-order chi connectivity index (χ0) is 22.8. The van der Waals surface area contributed by atoms with E-state index in [2.05, 4.69) is 6.92 Å². The molecule has 2 atom stereocenters. The third kappa shape index (κ3) is 4.24. The molecule has 1 saturated heterocycles. The standard InChI is InChI=1S/C25H30N2O5/c1-16(17-5-6-17)27(19-7-10-21(30-2)11-8-19)25(29)18-13-24(28)26(15-18)20-9-12-22(31-3)23(14-20)32-4/h7-12,14,16-18H,5-6,13,15H2,1-4H3. The first-order valence-corrected chi connectivity index (χ1v) is 11.0. The van der Waals surface area contributed by atoms with Gasteiger partial charge in [-0.3, -0.25) is 9.59 Å². The van der Waals surface area contributed by atoms with Crippen LogP contribution in [0.5, 0.6) is 17.2 Å². The molecule has 0 aromatic heterocycles. The first-order valence-electron chi connectivity index (χ1n) is 11.0. The van der Waals surface area contributed by atoms with Crippen LogP contribution < -0.4 is 24.0 Å². The summed E-state index contributed by atoms with van der Waals surface area (Å²) in [5, 5.41) is 0. The molecule has 32 heavy (non-hydrogen) atoms. The molecule has 2 aromatic carbocycles. The van der Waals surface area contributed by atoms with Crippen molar-refractivity contribution in [1.29, 1.82) is 0 Å². The van der Waals surface area contributed by atoms with E-state index in [1.165, 1.54) is 0 Å². The first kappa shape index (κ1) is 22.0. The van der Waals surface area contributed by atoms with Crippen LogP contribution in [0.4, 0.5) is 11.4 Å². The number of hydrogen-bond acceptors (Lipinski definition) is 5.